The van der Waals surface area contributed by atoms with E-state index < -0.39 is 10.0 Å². The Morgan fingerprint density at radius 3 is 2.14 bits per heavy atom. The van der Waals surface area contributed by atoms with Gasteiger partial charge in [-0.25, -0.2) is 8.42 Å². The first-order valence-electron chi connectivity index (χ1n) is 5.70. The molecule has 0 radical (unpaired) electrons. The predicted octanol–water partition coefficient (Wildman–Crippen LogP) is 3.94. The fourth-order valence-corrected chi connectivity index (χ4v) is 3.55. The monoisotopic (exact) mass is 365 g/mol. The van der Waals surface area contributed by atoms with Crippen molar-refractivity contribution in [3.63, 3.8) is 0 Å². The molecule has 21 heavy (non-hydrogen) atoms. The zero-order valence-electron chi connectivity index (χ0n) is 10.5. The van der Waals surface area contributed by atoms with Crippen LogP contribution in [-0.2, 0) is 16.6 Å². The van der Waals surface area contributed by atoms with E-state index in [1.807, 2.05) is 0 Å². The highest BCUT2D eigenvalue weighted by Gasteiger charge is 2.16. The summed E-state index contributed by atoms with van der Waals surface area (Å²) in [6.07, 6.45) is 0. The molecular formula is C13H10Cl3NO3S. The van der Waals surface area contributed by atoms with Gasteiger partial charge in [0.2, 0.25) is 0 Å². The molecule has 0 saturated heterocycles. The molecule has 0 unspecified atom stereocenters. The lowest BCUT2D eigenvalue weighted by Crippen LogP contribution is -2.13. The first-order valence-corrected chi connectivity index (χ1v) is 8.32. The minimum absolute atomic E-state index is 0.0270. The zero-order chi connectivity index (χ0) is 15.6. The Bertz CT molecular complexity index is 758. The van der Waals surface area contributed by atoms with E-state index in [-0.39, 0.29) is 22.2 Å². The lowest BCUT2D eigenvalue weighted by atomic mass is 10.2. The average Bonchev–Trinajstić information content (AvgIpc) is 2.36. The number of hydrogen-bond donors (Lipinski definition) is 2. The first kappa shape index (κ1) is 16.4. The van der Waals surface area contributed by atoms with Gasteiger partial charge in [-0.1, -0.05) is 40.9 Å². The fraction of sp³-hybridized carbons (Fsp3) is 0.0769. The van der Waals surface area contributed by atoms with Gasteiger partial charge in [0.05, 0.1) is 17.2 Å². The number of anilines is 1. The minimum Gasteiger partial charge on any atom is -0.392 e. The minimum atomic E-state index is -3.83. The third-order valence-electron chi connectivity index (χ3n) is 2.62. The summed E-state index contributed by atoms with van der Waals surface area (Å²) in [5.41, 5.74) is 0.691. The second kappa shape index (κ2) is 6.42. The lowest BCUT2D eigenvalue weighted by molar-refractivity contribution is 0.282. The molecule has 0 heterocycles. The summed E-state index contributed by atoms with van der Waals surface area (Å²) in [5.74, 6) is 0. The van der Waals surface area contributed by atoms with Crippen LogP contribution in [0.25, 0.3) is 0 Å². The summed E-state index contributed by atoms with van der Waals surface area (Å²) in [5, 5.41) is 9.83. The van der Waals surface area contributed by atoms with Gasteiger partial charge in [0.1, 0.15) is 0 Å². The van der Waals surface area contributed by atoms with Gasteiger partial charge in [-0.3, -0.25) is 4.72 Å². The van der Waals surface area contributed by atoms with Crippen LogP contribution in [-0.4, -0.2) is 13.5 Å². The maximum atomic E-state index is 12.3. The molecular weight excluding hydrogens is 357 g/mol. The third kappa shape index (κ3) is 4.02. The van der Waals surface area contributed by atoms with Crippen LogP contribution in [0, 0.1) is 0 Å². The predicted molar refractivity (Wildman–Crippen MR) is 84.6 cm³/mol. The number of benzene rings is 2. The van der Waals surface area contributed by atoms with Crippen LogP contribution in [0.4, 0.5) is 5.69 Å². The fourth-order valence-electron chi connectivity index (χ4n) is 1.65. The molecule has 0 aliphatic carbocycles. The number of aliphatic hydroxyl groups is 1. The molecule has 0 atom stereocenters. The van der Waals surface area contributed by atoms with Gasteiger partial charge in [0.15, 0.2) is 0 Å². The highest BCUT2D eigenvalue weighted by Crippen LogP contribution is 2.26. The second-order valence-corrected chi connectivity index (χ2v) is 7.14. The largest absolute Gasteiger partial charge is 0.392 e. The summed E-state index contributed by atoms with van der Waals surface area (Å²) in [6, 6.07) is 8.44. The maximum absolute atomic E-state index is 12.3. The number of sulfonamides is 1. The molecule has 2 aromatic carbocycles. The van der Waals surface area contributed by atoms with Crippen molar-refractivity contribution in [1.82, 2.24) is 0 Å². The van der Waals surface area contributed by atoms with Gasteiger partial charge in [-0.2, -0.15) is 0 Å². The Labute approximate surface area is 137 Å². The van der Waals surface area contributed by atoms with Gasteiger partial charge in [-0.05, 0) is 35.9 Å². The van der Waals surface area contributed by atoms with Crippen molar-refractivity contribution in [2.45, 2.75) is 11.5 Å². The van der Waals surface area contributed by atoms with Gasteiger partial charge in [0.25, 0.3) is 10.0 Å². The quantitative estimate of drug-likeness (QED) is 0.861. The standard InChI is InChI=1S/C13H10Cl3NO3S/c14-9-3-10(15)5-11(4-9)17-21(19,20)12-2-1-8(7-18)13(16)6-12/h1-6,17-18H,7H2. The zero-order valence-corrected chi connectivity index (χ0v) is 13.6. The van der Waals surface area contributed by atoms with E-state index in [2.05, 4.69) is 4.72 Å². The molecule has 2 N–H and O–H groups in total. The molecule has 0 aliphatic heterocycles. The highest BCUT2D eigenvalue weighted by molar-refractivity contribution is 7.92. The number of nitrogens with one attached hydrogen (secondary N) is 1. The number of rotatable bonds is 4. The van der Waals surface area contributed by atoms with Crippen molar-refractivity contribution in [3.8, 4) is 0 Å². The van der Waals surface area contributed by atoms with Crippen molar-refractivity contribution < 1.29 is 13.5 Å². The summed E-state index contributed by atoms with van der Waals surface area (Å²) in [6.45, 7) is -0.267. The summed E-state index contributed by atoms with van der Waals surface area (Å²) in [4.78, 5) is -0.0270. The van der Waals surface area contributed by atoms with E-state index >= 15 is 0 Å². The van der Waals surface area contributed by atoms with Crippen molar-refractivity contribution in [1.29, 1.82) is 0 Å². The summed E-state index contributed by atoms with van der Waals surface area (Å²) >= 11 is 17.5. The molecule has 0 saturated carbocycles. The molecule has 0 aromatic heterocycles. The van der Waals surface area contributed by atoms with Crippen molar-refractivity contribution >= 4 is 50.5 Å². The van der Waals surface area contributed by atoms with E-state index in [0.717, 1.165) is 0 Å². The van der Waals surface area contributed by atoms with E-state index in [1.54, 1.807) is 0 Å². The Morgan fingerprint density at radius 2 is 1.62 bits per heavy atom. The van der Waals surface area contributed by atoms with Crippen LogP contribution in [0.15, 0.2) is 41.3 Å². The molecule has 0 fully saturated rings. The Kier molecular flexibility index (Phi) is 5.01. The van der Waals surface area contributed by atoms with Crippen molar-refractivity contribution in [2.75, 3.05) is 4.72 Å². The highest BCUT2D eigenvalue weighted by atomic mass is 35.5. The van der Waals surface area contributed by atoms with E-state index in [9.17, 15) is 8.42 Å². The molecule has 0 amide bonds. The van der Waals surface area contributed by atoms with Crippen LogP contribution in [0.3, 0.4) is 0 Å². The molecule has 0 bridgehead atoms. The number of hydrogen-bond acceptors (Lipinski definition) is 3. The topological polar surface area (TPSA) is 66.4 Å². The van der Waals surface area contributed by atoms with Gasteiger partial charge in [0, 0.05) is 15.1 Å². The van der Waals surface area contributed by atoms with Crippen molar-refractivity contribution in [2.24, 2.45) is 0 Å². The lowest BCUT2D eigenvalue weighted by Gasteiger charge is -2.10. The Morgan fingerprint density at radius 1 is 1.00 bits per heavy atom. The molecule has 112 valence electrons. The average molecular weight is 367 g/mol. The SMILES string of the molecule is O=S(=O)(Nc1cc(Cl)cc(Cl)c1)c1ccc(CO)c(Cl)c1. The second-order valence-electron chi connectivity index (χ2n) is 4.17. The molecule has 2 aromatic rings. The number of halogens is 3. The van der Waals surface area contributed by atoms with Gasteiger partial charge < -0.3 is 5.11 Å². The molecule has 4 nitrogen and oxygen atoms in total. The molecule has 8 heteroatoms. The van der Waals surface area contributed by atoms with Crippen LogP contribution >= 0.6 is 34.8 Å². The molecule has 2 rings (SSSR count). The van der Waals surface area contributed by atoms with Gasteiger partial charge in [-0.15, -0.1) is 0 Å². The maximum Gasteiger partial charge on any atom is 0.261 e. The summed E-state index contributed by atoms with van der Waals surface area (Å²) < 4.78 is 26.9. The van der Waals surface area contributed by atoms with Crippen LogP contribution in [0.1, 0.15) is 5.56 Å². The van der Waals surface area contributed by atoms with E-state index in [1.165, 1.54) is 36.4 Å². The van der Waals surface area contributed by atoms with E-state index in [4.69, 9.17) is 39.9 Å². The smallest absolute Gasteiger partial charge is 0.261 e. The van der Waals surface area contributed by atoms with Crippen molar-refractivity contribution in [3.05, 3.63) is 57.0 Å². The van der Waals surface area contributed by atoms with Crippen LogP contribution < -0.4 is 4.72 Å². The number of aliphatic hydroxyl groups excluding tert-OH is 1. The van der Waals surface area contributed by atoms with E-state index in [0.29, 0.717) is 15.6 Å². The first-order chi connectivity index (χ1) is 9.81. The van der Waals surface area contributed by atoms with Crippen LogP contribution in [0.5, 0.6) is 0 Å². The Balaban J connectivity index is 2.36. The normalized spacial score (nSPS) is 11.4. The molecule has 0 aliphatic rings. The Hall–Kier alpha value is -0.980. The third-order valence-corrected chi connectivity index (χ3v) is 4.79. The molecule has 0 spiro atoms. The van der Waals surface area contributed by atoms with Gasteiger partial charge >= 0.3 is 0 Å². The van der Waals surface area contributed by atoms with Crippen LogP contribution in [0.2, 0.25) is 15.1 Å². The summed E-state index contributed by atoms with van der Waals surface area (Å²) in [7, 11) is -3.83.